The molecular weight excluding hydrogens is 358 g/mol. The highest BCUT2D eigenvalue weighted by molar-refractivity contribution is 9.11. The molecule has 1 aromatic heterocycles. The summed E-state index contributed by atoms with van der Waals surface area (Å²) >= 11 is 10.9. The van der Waals surface area contributed by atoms with Gasteiger partial charge in [0.05, 0.1) is 10.3 Å². The highest BCUT2D eigenvalue weighted by atomic mass is 79.9. The number of benzene rings is 1. The summed E-state index contributed by atoms with van der Waals surface area (Å²) in [7, 11) is 1.79. The average molecular weight is 371 g/mol. The number of halogens is 2. The van der Waals surface area contributed by atoms with E-state index in [1.165, 1.54) is 0 Å². The summed E-state index contributed by atoms with van der Waals surface area (Å²) in [6.07, 6.45) is 3.34. The van der Waals surface area contributed by atoms with Crippen LogP contribution < -0.4 is 0 Å². The van der Waals surface area contributed by atoms with Crippen molar-refractivity contribution < 1.29 is 4.79 Å². The van der Waals surface area contributed by atoms with Gasteiger partial charge in [0.2, 0.25) is 5.91 Å². The van der Waals surface area contributed by atoms with E-state index in [9.17, 15) is 4.79 Å². The maximum absolute atomic E-state index is 12.0. The van der Waals surface area contributed by atoms with Crippen molar-refractivity contribution in [3.63, 3.8) is 0 Å². The molecule has 0 fully saturated rings. The largest absolute Gasteiger partial charge is 0.337 e. The first-order valence-corrected chi connectivity index (χ1v) is 7.96. The molecule has 0 aliphatic rings. The molecule has 0 bridgehead atoms. The van der Waals surface area contributed by atoms with E-state index in [4.69, 9.17) is 11.6 Å². The zero-order valence-electron chi connectivity index (χ0n) is 10.8. The minimum Gasteiger partial charge on any atom is -0.337 e. The van der Waals surface area contributed by atoms with E-state index in [2.05, 4.69) is 15.9 Å². The first-order valence-electron chi connectivity index (χ1n) is 5.97. The monoisotopic (exact) mass is 369 g/mol. The maximum atomic E-state index is 12.0. The van der Waals surface area contributed by atoms with E-state index in [1.54, 1.807) is 35.4 Å². The Morgan fingerprint density at radius 3 is 2.85 bits per heavy atom. The third kappa shape index (κ3) is 4.47. The molecule has 1 heterocycles. The van der Waals surface area contributed by atoms with Crippen molar-refractivity contribution in [2.45, 2.75) is 6.54 Å². The summed E-state index contributed by atoms with van der Waals surface area (Å²) in [4.78, 5) is 14.8. The van der Waals surface area contributed by atoms with Crippen LogP contribution in [0.5, 0.6) is 0 Å². The molecule has 0 unspecified atom stereocenters. The second-order valence-corrected chi connectivity index (χ2v) is 7.27. The van der Waals surface area contributed by atoms with Crippen LogP contribution in [0.25, 0.3) is 6.08 Å². The number of carbonyl (C=O) groups is 1. The van der Waals surface area contributed by atoms with Gasteiger partial charge in [-0.3, -0.25) is 4.79 Å². The molecule has 5 heteroatoms. The summed E-state index contributed by atoms with van der Waals surface area (Å²) in [5.41, 5.74) is 0.915. The molecule has 0 aliphatic heterocycles. The van der Waals surface area contributed by atoms with Crippen LogP contribution in [0.2, 0.25) is 5.02 Å². The molecule has 2 nitrogen and oxygen atoms in total. The van der Waals surface area contributed by atoms with Gasteiger partial charge in [-0.05, 0) is 51.8 Å². The van der Waals surface area contributed by atoms with Gasteiger partial charge in [-0.25, -0.2) is 0 Å². The molecule has 1 aromatic carbocycles. The smallest absolute Gasteiger partial charge is 0.246 e. The predicted octanol–water partition coefficient (Wildman–Crippen LogP) is 4.84. The van der Waals surface area contributed by atoms with Crippen LogP contribution in [0.3, 0.4) is 0 Å². The topological polar surface area (TPSA) is 20.3 Å². The summed E-state index contributed by atoms with van der Waals surface area (Å²) in [6, 6.07) is 11.4. The number of likely N-dealkylation sites (N-methyl/N-ethyl adjacent to an activating group) is 1. The van der Waals surface area contributed by atoms with Crippen LogP contribution >= 0.6 is 38.9 Å². The standard InChI is InChI=1S/C15H13BrClNOS/c1-18(10-13-6-7-14(16)20-13)15(19)8-5-11-3-2-4-12(17)9-11/h2-9H,10H2,1H3/b8-5+. The number of nitrogens with zero attached hydrogens (tertiary/aromatic N) is 1. The van der Waals surface area contributed by atoms with Gasteiger partial charge in [-0.1, -0.05) is 23.7 Å². The van der Waals surface area contributed by atoms with Gasteiger partial charge in [-0.2, -0.15) is 0 Å². The Morgan fingerprint density at radius 2 is 2.20 bits per heavy atom. The molecule has 0 aliphatic carbocycles. The Bertz CT molecular complexity index is 638. The van der Waals surface area contributed by atoms with Gasteiger partial charge in [0.1, 0.15) is 0 Å². The van der Waals surface area contributed by atoms with Crippen molar-refractivity contribution in [1.29, 1.82) is 0 Å². The van der Waals surface area contributed by atoms with Crippen LogP contribution in [0, 0.1) is 0 Å². The minimum absolute atomic E-state index is 0.0329. The summed E-state index contributed by atoms with van der Waals surface area (Å²) in [6.45, 7) is 0.606. The predicted molar refractivity (Wildman–Crippen MR) is 89.0 cm³/mol. The molecule has 2 rings (SSSR count). The number of amides is 1. The molecule has 0 N–H and O–H groups in total. The Balaban J connectivity index is 1.97. The molecule has 0 spiro atoms. The van der Waals surface area contributed by atoms with Crippen molar-refractivity contribution in [1.82, 2.24) is 4.90 Å². The van der Waals surface area contributed by atoms with Gasteiger partial charge >= 0.3 is 0 Å². The molecule has 20 heavy (non-hydrogen) atoms. The van der Waals surface area contributed by atoms with Crippen LogP contribution in [0.4, 0.5) is 0 Å². The first kappa shape index (κ1) is 15.3. The quantitative estimate of drug-likeness (QED) is 0.705. The fraction of sp³-hybridized carbons (Fsp3) is 0.133. The van der Waals surface area contributed by atoms with Crippen molar-refractivity contribution >= 4 is 50.9 Å². The maximum Gasteiger partial charge on any atom is 0.246 e. The zero-order valence-corrected chi connectivity index (χ0v) is 14.0. The molecular formula is C15H13BrClNOS. The van der Waals surface area contributed by atoms with Gasteiger partial charge in [0.25, 0.3) is 0 Å². The zero-order chi connectivity index (χ0) is 14.5. The first-order chi connectivity index (χ1) is 9.54. The highest BCUT2D eigenvalue weighted by Gasteiger charge is 2.07. The molecule has 2 aromatic rings. The Morgan fingerprint density at radius 1 is 1.40 bits per heavy atom. The number of rotatable bonds is 4. The Labute approximate surface area is 135 Å². The highest BCUT2D eigenvalue weighted by Crippen LogP contribution is 2.23. The van der Waals surface area contributed by atoms with Crippen molar-refractivity contribution in [2.75, 3.05) is 7.05 Å². The van der Waals surface area contributed by atoms with E-state index in [-0.39, 0.29) is 5.91 Å². The van der Waals surface area contributed by atoms with E-state index >= 15 is 0 Å². The van der Waals surface area contributed by atoms with Gasteiger partial charge in [-0.15, -0.1) is 11.3 Å². The number of carbonyl (C=O) groups excluding carboxylic acids is 1. The third-order valence-electron chi connectivity index (χ3n) is 2.67. The van der Waals surface area contributed by atoms with E-state index in [1.807, 2.05) is 36.4 Å². The van der Waals surface area contributed by atoms with Crippen molar-refractivity contribution in [3.05, 3.63) is 61.7 Å². The lowest BCUT2D eigenvalue weighted by Gasteiger charge is -2.13. The number of hydrogen-bond donors (Lipinski definition) is 0. The second-order valence-electron chi connectivity index (χ2n) is 4.29. The SMILES string of the molecule is CN(Cc1ccc(Br)s1)C(=O)/C=C/c1cccc(Cl)c1. The lowest BCUT2D eigenvalue weighted by Crippen LogP contribution is -2.23. The summed E-state index contributed by atoms with van der Waals surface area (Å²) in [5.74, 6) is -0.0329. The summed E-state index contributed by atoms with van der Waals surface area (Å²) < 4.78 is 1.07. The molecule has 0 saturated heterocycles. The average Bonchev–Trinajstić information content (AvgIpc) is 2.81. The normalized spacial score (nSPS) is 10.9. The van der Waals surface area contributed by atoms with Crippen LogP contribution in [0.1, 0.15) is 10.4 Å². The van der Waals surface area contributed by atoms with Crippen molar-refractivity contribution in [2.24, 2.45) is 0 Å². The Kier molecular flexibility index (Phi) is 5.40. The van der Waals surface area contributed by atoms with Gasteiger partial charge in [0.15, 0.2) is 0 Å². The lowest BCUT2D eigenvalue weighted by molar-refractivity contribution is -0.125. The molecule has 1 amide bonds. The van der Waals surface area contributed by atoms with Gasteiger partial charge < -0.3 is 4.90 Å². The fourth-order valence-corrected chi connectivity index (χ4v) is 3.39. The molecule has 0 saturated carbocycles. The molecule has 0 atom stereocenters. The molecule has 0 radical (unpaired) electrons. The van der Waals surface area contributed by atoms with E-state index in [0.29, 0.717) is 11.6 Å². The lowest BCUT2D eigenvalue weighted by atomic mass is 10.2. The van der Waals surface area contributed by atoms with E-state index < -0.39 is 0 Å². The Hall–Kier alpha value is -1.10. The van der Waals surface area contributed by atoms with Crippen LogP contribution in [-0.2, 0) is 11.3 Å². The number of hydrogen-bond acceptors (Lipinski definition) is 2. The summed E-state index contributed by atoms with van der Waals surface area (Å²) in [5, 5.41) is 0.663. The van der Waals surface area contributed by atoms with E-state index in [0.717, 1.165) is 14.2 Å². The van der Waals surface area contributed by atoms with Gasteiger partial charge in [0, 0.05) is 23.0 Å². The molecule has 104 valence electrons. The fourth-order valence-electron chi connectivity index (χ4n) is 1.65. The van der Waals surface area contributed by atoms with Crippen LogP contribution in [-0.4, -0.2) is 17.9 Å². The third-order valence-corrected chi connectivity index (χ3v) is 4.51. The van der Waals surface area contributed by atoms with Crippen LogP contribution in [0.15, 0.2) is 46.3 Å². The van der Waals surface area contributed by atoms with Crippen molar-refractivity contribution in [3.8, 4) is 0 Å². The minimum atomic E-state index is -0.0329. The second kappa shape index (κ2) is 7.07. The number of thiophene rings is 1.